The van der Waals surface area contributed by atoms with E-state index in [4.69, 9.17) is 4.74 Å². The van der Waals surface area contributed by atoms with Gasteiger partial charge in [0.2, 0.25) is 0 Å². The van der Waals surface area contributed by atoms with Crippen LogP contribution in [0.3, 0.4) is 0 Å². The van der Waals surface area contributed by atoms with E-state index < -0.39 is 12.1 Å². The van der Waals surface area contributed by atoms with Crippen molar-refractivity contribution in [3.8, 4) is 0 Å². The number of aliphatic carboxylic acids is 1. The number of ether oxygens (including phenoxy) is 1. The van der Waals surface area contributed by atoms with Crippen LogP contribution >= 0.6 is 0 Å². The van der Waals surface area contributed by atoms with E-state index in [2.05, 4.69) is 38.2 Å². The number of hydrogen-bond donors (Lipinski definition) is 1. The van der Waals surface area contributed by atoms with Gasteiger partial charge in [-0.05, 0) is 70.6 Å². The average molecular weight is 731 g/mol. The first-order valence-electron chi connectivity index (χ1n) is 23.3. The van der Waals surface area contributed by atoms with Crippen LogP contribution < -0.4 is 0 Å². The number of esters is 1. The number of rotatable bonds is 43. The summed E-state index contributed by atoms with van der Waals surface area (Å²) in [6, 6.07) is 0. The molecule has 52 heavy (non-hydrogen) atoms. The van der Waals surface area contributed by atoms with Gasteiger partial charge < -0.3 is 9.84 Å². The summed E-state index contributed by atoms with van der Waals surface area (Å²) in [5.41, 5.74) is 0. The van der Waals surface area contributed by atoms with E-state index in [1.54, 1.807) is 0 Å². The molecule has 0 saturated heterocycles. The lowest BCUT2D eigenvalue weighted by Crippen LogP contribution is -2.27. The monoisotopic (exact) mass is 731 g/mol. The van der Waals surface area contributed by atoms with Crippen molar-refractivity contribution in [3.05, 3.63) is 24.3 Å². The molecule has 0 rings (SSSR count). The minimum Gasteiger partial charge on any atom is -0.479 e. The van der Waals surface area contributed by atoms with E-state index in [1.807, 2.05) is 0 Å². The predicted octanol–water partition coefficient (Wildman–Crippen LogP) is 16.3. The third-order valence-corrected chi connectivity index (χ3v) is 10.7. The van der Waals surface area contributed by atoms with Gasteiger partial charge in [0.1, 0.15) is 0 Å². The Morgan fingerprint density at radius 1 is 0.404 bits per heavy atom. The van der Waals surface area contributed by atoms with Gasteiger partial charge in [0.15, 0.2) is 6.10 Å². The molecule has 0 heterocycles. The SMILES string of the molecule is CCCCCCCCC=CCCCCCCCCCCCCC(OC(=O)CCCCCCCC=CCCCCCCCCCCCCCC)C(=O)O. The van der Waals surface area contributed by atoms with E-state index in [0.29, 0.717) is 12.8 Å². The molecule has 0 aromatic rings. The Bertz CT molecular complexity index is 787. The van der Waals surface area contributed by atoms with Crippen LogP contribution in [0.5, 0.6) is 0 Å². The number of carboxylic acid groups (broad SMARTS) is 1. The van der Waals surface area contributed by atoms with Crippen LogP contribution in [0, 0.1) is 0 Å². The van der Waals surface area contributed by atoms with Crippen LogP contribution in [0.25, 0.3) is 0 Å². The molecule has 0 saturated carbocycles. The maximum absolute atomic E-state index is 12.3. The highest BCUT2D eigenvalue weighted by Crippen LogP contribution is 2.16. The van der Waals surface area contributed by atoms with Gasteiger partial charge in [-0.25, -0.2) is 4.79 Å². The first kappa shape index (κ1) is 50.4. The van der Waals surface area contributed by atoms with Gasteiger partial charge in [-0.1, -0.05) is 212 Å². The smallest absolute Gasteiger partial charge is 0.345 e. The quantitative estimate of drug-likeness (QED) is 0.0385. The molecule has 1 N–H and O–H groups in total. The van der Waals surface area contributed by atoms with Crippen LogP contribution in [0.2, 0.25) is 0 Å². The van der Waals surface area contributed by atoms with E-state index in [9.17, 15) is 14.7 Å². The highest BCUT2D eigenvalue weighted by Gasteiger charge is 2.21. The van der Waals surface area contributed by atoms with Crippen LogP contribution in [0.15, 0.2) is 24.3 Å². The summed E-state index contributed by atoms with van der Waals surface area (Å²) < 4.78 is 5.34. The number of unbranched alkanes of at least 4 members (excludes halogenated alkanes) is 33. The number of allylic oxidation sites excluding steroid dienone is 4. The first-order valence-corrected chi connectivity index (χ1v) is 23.3. The van der Waals surface area contributed by atoms with Crippen LogP contribution in [-0.4, -0.2) is 23.1 Å². The molecule has 4 heteroatoms. The second-order valence-corrected chi connectivity index (χ2v) is 15.9. The van der Waals surface area contributed by atoms with Gasteiger partial charge in [-0.3, -0.25) is 4.79 Å². The van der Waals surface area contributed by atoms with Crippen LogP contribution in [-0.2, 0) is 14.3 Å². The zero-order valence-electron chi connectivity index (χ0n) is 35.1. The Morgan fingerprint density at radius 2 is 0.673 bits per heavy atom. The third-order valence-electron chi connectivity index (χ3n) is 10.7. The number of carbonyl (C=O) groups is 2. The summed E-state index contributed by atoms with van der Waals surface area (Å²) in [6.07, 6.45) is 56.7. The standard InChI is InChI=1S/C48H90O4/c1-3-5-7-9-11-13-15-17-19-21-23-25-27-29-31-33-35-37-39-41-43-45-47(49)52-46(48(50)51)44-42-40-38-36-34-32-30-28-26-24-22-20-18-16-14-12-10-8-6-4-2/h18,20,29,31,46H,3-17,19,21-28,30,32-45H2,1-2H3,(H,50,51). The summed E-state index contributed by atoms with van der Waals surface area (Å²) in [7, 11) is 0. The molecule has 4 nitrogen and oxygen atoms in total. The van der Waals surface area contributed by atoms with Crippen molar-refractivity contribution in [2.24, 2.45) is 0 Å². The molecule has 0 radical (unpaired) electrons. The lowest BCUT2D eigenvalue weighted by molar-refractivity contribution is -0.164. The fraction of sp³-hybridized carbons (Fsp3) is 0.875. The fourth-order valence-corrected chi connectivity index (χ4v) is 7.14. The molecular formula is C48H90O4. The van der Waals surface area contributed by atoms with Crippen molar-refractivity contribution < 1.29 is 19.4 Å². The molecule has 306 valence electrons. The molecule has 0 aliphatic heterocycles. The molecule has 1 atom stereocenters. The fourth-order valence-electron chi connectivity index (χ4n) is 7.14. The maximum atomic E-state index is 12.3. The highest BCUT2D eigenvalue weighted by molar-refractivity contribution is 5.77. The largest absolute Gasteiger partial charge is 0.479 e. The van der Waals surface area contributed by atoms with Gasteiger partial charge in [0.25, 0.3) is 0 Å². The van der Waals surface area contributed by atoms with E-state index in [-0.39, 0.29) is 5.97 Å². The molecule has 0 amide bonds. The number of carbonyl (C=O) groups excluding carboxylic acids is 1. The lowest BCUT2D eigenvalue weighted by Gasteiger charge is -2.13. The second kappa shape index (κ2) is 43.8. The van der Waals surface area contributed by atoms with Crippen molar-refractivity contribution in [2.45, 2.75) is 270 Å². The molecule has 1 unspecified atom stereocenters. The van der Waals surface area contributed by atoms with Crippen molar-refractivity contribution in [3.63, 3.8) is 0 Å². The van der Waals surface area contributed by atoms with Crippen LogP contribution in [0.4, 0.5) is 0 Å². The van der Waals surface area contributed by atoms with Gasteiger partial charge in [0, 0.05) is 6.42 Å². The Morgan fingerprint density at radius 3 is 0.981 bits per heavy atom. The van der Waals surface area contributed by atoms with Crippen LogP contribution in [0.1, 0.15) is 264 Å². The molecule has 0 aromatic carbocycles. The lowest BCUT2D eigenvalue weighted by atomic mass is 10.0. The minimum atomic E-state index is -1.01. The summed E-state index contributed by atoms with van der Waals surface area (Å²) in [4.78, 5) is 23.9. The van der Waals surface area contributed by atoms with E-state index in [1.165, 1.54) is 193 Å². The van der Waals surface area contributed by atoms with Gasteiger partial charge >= 0.3 is 11.9 Å². The molecule has 0 aliphatic rings. The zero-order valence-corrected chi connectivity index (χ0v) is 35.1. The van der Waals surface area contributed by atoms with Crippen molar-refractivity contribution in [2.75, 3.05) is 0 Å². The van der Waals surface area contributed by atoms with E-state index >= 15 is 0 Å². The summed E-state index contributed by atoms with van der Waals surface area (Å²) >= 11 is 0. The topological polar surface area (TPSA) is 63.6 Å². The van der Waals surface area contributed by atoms with Gasteiger partial charge in [0.05, 0.1) is 0 Å². The third kappa shape index (κ3) is 41.2. The summed E-state index contributed by atoms with van der Waals surface area (Å²) in [6.45, 7) is 4.56. The Labute approximate surface area is 325 Å². The molecule has 0 fully saturated rings. The molecular weight excluding hydrogens is 641 g/mol. The minimum absolute atomic E-state index is 0.332. The Kier molecular flexibility index (Phi) is 42.5. The van der Waals surface area contributed by atoms with E-state index in [0.717, 1.165) is 44.9 Å². The predicted molar refractivity (Wildman–Crippen MR) is 227 cm³/mol. The summed E-state index contributed by atoms with van der Waals surface area (Å²) in [5, 5.41) is 9.54. The highest BCUT2D eigenvalue weighted by atomic mass is 16.6. The average Bonchev–Trinajstić information content (AvgIpc) is 3.14. The molecule has 0 spiro atoms. The van der Waals surface area contributed by atoms with Crippen molar-refractivity contribution in [1.29, 1.82) is 0 Å². The summed E-state index contributed by atoms with van der Waals surface area (Å²) in [5.74, 6) is -1.36. The maximum Gasteiger partial charge on any atom is 0.345 e. The Balaban J connectivity index is 3.51. The normalized spacial score (nSPS) is 12.3. The molecule has 0 aliphatic carbocycles. The number of carboxylic acids is 1. The number of hydrogen-bond acceptors (Lipinski definition) is 3. The second-order valence-electron chi connectivity index (χ2n) is 15.9. The Hall–Kier alpha value is -1.58. The molecule has 0 aromatic heterocycles. The molecule has 0 bridgehead atoms. The van der Waals surface area contributed by atoms with Crippen molar-refractivity contribution in [1.82, 2.24) is 0 Å². The van der Waals surface area contributed by atoms with Gasteiger partial charge in [-0.2, -0.15) is 0 Å². The first-order chi connectivity index (χ1) is 25.6. The van der Waals surface area contributed by atoms with Gasteiger partial charge in [-0.15, -0.1) is 0 Å². The van der Waals surface area contributed by atoms with Crippen molar-refractivity contribution >= 4 is 11.9 Å². The zero-order chi connectivity index (χ0) is 37.8.